The minimum Gasteiger partial charge on any atom is -0.507 e. The van der Waals surface area contributed by atoms with Gasteiger partial charge in [-0.1, -0.05) is 49.7 Å². The highest BCUT2D eigenvalue weighted by Crippen LogP contribution is 2.41. The molecule has 0 bridgehead atoms. The number of amides is 1. The molecule has 32 heavy (non-hydrogen) atoms. The van der Waals surface area contributed by atoms with Crippen LogP contribution in [0.4, 0.5) is 0 Å². The number of carbonyl (C=O) groups is 2. The van der Waals surface area contributed by atoms with Gasteiger partial charge in [0.1, 0.15) is 23.9 Å². The molecule has 0 aromatic heterocycles. The van der Waals surface area contributed by atoms with Gasteiger partial charge in [-0.3, -0.25) is 9.59 Å². The number of benzene rings is 2. The predicted octanol–water partition coefficient (Wildman–Crippen LogP) is 5.14. The number of unbranched alkanes of at least 4 members (excludes halogenated alkanes) is 1. The molecule has 3 rings (SSSR count). The molecule has 0 aliphatic carbocycles. The van der Waals surface area contributed by atoms with Crippen molar-refractivity contribution in [3.05, 3.63) is 76.8 Å². The van der Waals surface area contributed by atoms with E-state index in [9.17, 15) is 14.7 Å². The van der Waals surface area contributed by atoms with Crippen molar-refractivity contribution in [1.82, 2.24) is 4.90 Å². The highest BCUT2D eigenvalue weighted by atomic mass is 35.5. The Labute approximate surface area is 192 Å². The van der Waals surface area contributed by atoms with E-state index in [1.165, 1.54) is 18.1 Å². The maximum atomic E-state index is 13.0. The van der Waals surface area contributed by atoms with Crippen molar-refractivity contribution in [3.8, 4) is 11.5 Å². The number of carbonyl (C=O) groups excluding carboxylic acids is 2. The molecule has 6 nitrogen and oxygen atoms in total. The van der Waals surface area contributed by atoms with Crippen LogP contribution in [0.5, 0.6) is 11.5 Å². The molecule has 1 atom stereocenters. The number of rotatable bonds is 9. The molecule has 168 valence electrons. The number of hydrogen-bond donors (Lipinski definition) is 1. The lowest BCUT2D eigenvalue weighted by Crippen LogP contribution is -2.30. The summed E-state index contributed by atoms with van der Waals surface area (Å²) >= 11 is 6.22. The minimum atomic E-state index is -0.741. The van der Waals surface area contributed by atoms with E-state index in [4.69, 9.17) is 21.1 Å². The topological polar surface area (TPSA) is 76.1 Å². The van der Waals surface area contributed by atoms with Gasteiger partial charge in [0.15, 0.2) is 0 Å². The monoisotopic (exact) mass is 455 g/mol. The molecular weight excluding hydrogens is 430 g/mol. The second-order valence-electron chi connectivity index (χ2n) is 7.37. The number of nitrogens with zero attached hydrogens (tertiary/aromatic N) is 1. The molecule has 2 aromatic rings. The van der Waals surface area contributed by atoms with Gasteiger partial charge in [-0.15, -0.1) is 0 Å². The largest absolute Gasteiger partial charge is 0.507 e. The zero-order valence-corrected chi connectivity index (χ0v) is 18.9. The van der Waals surface area contributed by atoms with Crippen molar-refractivity contribution in [3.63, 3.8) is 0 Å². The summed E-state index contributed by atoms with van der Waals surface area (Å²) in [6.07, 6.45) is 3.21. The number of likely N-dealkylation sites (tertiary alicyclic amines) is 1. The van der Waals surface area contributed by atoms with Crippen LogP contribution in [-0.4, -0.2) is 42.0 Å². The van der Waals surface area contributed by atoms with E-state index >= 15 is 0 Å². The van der Waals surface area contributed by atoms with Gasteiger partial charge in [-0.25, -0.2) is 0 Å². The number of aliphatic hydroxyl groups is 1. The van der Waals surface area contributed by atoms with Gasteiger partial charge >= 0.3 is 0 Å². The van der Waals surface area contributed by atoms with Crippen LogP contribution < -0.4 is 9.47 Å². The molecule has 0 radical (unpaired) electrons. The fraction of sp³-hybridized carbons (Fsp3) is 0.280. The molecule has 1 saturated heterocycles. The third kappa shape index (κ3) is 4.65. The van der Waals surface area contributed by atoms with Crippen LogP contribution in [0.3, 0.4) is 0 Å². The maximum Gasteiger partial charge on any atom is 0.295 e. The quantitative estimate of drug-likeness (QED) is 0.245. The molecule has 1 fully saturated rings. The third-order valence-electron chi connectivity index (χ3n) is 5.26. The molecule has 0 spiro atoms. The first-order chi connectivity index (χ1) is 15.4. The van der Waals surface area contributed by atoms with Crippen molar-refractivity contribution in [2.75, 3.05) is 20.3 Å². The Bertz CT molecular complexity index is 1060. The van der Waals surface area contributed by atoms with E-state index in [0.29, 0.717) is 35.8 Å². The number of ketones is 1. The average Bonchev–Trinajstić information content (AvgIpc) is 3.05. The first-order valence-electron chi connectivity index (χ1n) is 10.4. The zero-order chi connectivity index (χ0) is 23.3. The maximum absolute atomic E-state index is 13.0. The zero-order valence-electron chi connectivity index (χ0n) is 18.1. The number of aliphatic hydroxyl groups excluding tert-OH is 1. The summed E-state index contributed by atoms with van der Waals surface area (Å²) in [7, 11) is 1.49. The van der Waals surface area contributed by atoms with Gasteiger partial charge in [0, 0.05) is 12.1 Å². The van der Waals surface area contributed by atoms with Gasteiger partial charge in [0.25, 0.3) is 11.7 Å². The lowest BCUT2D eigenvalue weighted by atomic mass is 9.95. The van der Waals surface area contributed by atoms with Gasteiger partial charge in [0.05, 0.1) is 23.7 Å². The summed E-state index contributed by atoms with van der Waals surface area (Å²) in [4.78, 5) is 27.4. The van der Waals surface area contributed by atoms with Crippen molar-refractivity contribution >= 4 is 29.1 Å². The second-order valence-corrected chi connectivity index (χ2v) is 7.77. The molecule has 2 aromatic carbocycles. The molecule has 1 amide bonds. The lowest BCUT2D eigenvalue weighted by Gasteiger charge is -2.25. The first kappa shape index (κ1) is 23.4. The number of ether oxygens (including phenoxy) is 2. The molecule has 1 aliphatic heterocycles. The third-order valence-corrected chi connectivity index (χ3v) is 5.55. The number of methoxy groups -OCH3 is 1. The van der Waals surface area contributed by atoms with Gasteiger partial charge < -0.3 is 19.5 Å². The van der Waals surface area contributed by atoms with Crippen LogP contribution in [-0.2, 0) is 9.59 Å². The van der Waals surface area contributed by atoms with E-state index in [2.05, 4.69) is 6.58 Å². The normalized spacial score (nSPS) is 17.5. The molecule has 0 saturated carbocycles. The fourth-order valence-corrected chi connectivity index (χ4v) is 3.94. The highest BCUT2D eigenvalue weighted by molar-refractivity contribution is 6.46. The predicted molar refractivity (Wildman–Crippen MR) is 124 cm³/mol. The SMILES string of the molecule is C=CCOc1cccc(C2/C(=C(\O)c3ccc(OC)c(Cl)c3)C(=O)C(=O)N2CCCC)c1. The smallest absolute Gasteiger partial charge is 0.295 e. The number of Topliss-reactive ketones (excluding diaryl/α,β-unsaturated/α-hetero) is 1. The Morgan fingerprint density at radius 3 is 2.69 bits per heavy atom. The second kappa shape index (κ2) is 10.4. The van der Waals surface area contributed by atoms with E-state index in [0.717, 1.165) is 12.8 Å². The van der Waals surface area contributed by atoms with Gasteiger partial charge in [0.2, 0.25) is 0 Å². The summed E-state index contributed by atoms with van der Waals surface area (Å²) in [6.45, 7) is 6.37. The highest BCUT2D eigenvalue weighted by Gasteiger charge is 2.45. The molecule has 1 N–H and O–H groups in total. The molecule has 1 heterocycles. The van der Waals surface area contributed by atoms with Crippen LogP contribution in [0.15, 0.2) is 60.7 Å². The summed E-state index contributed by atoms with van der Waals surface area (Å²) in [6, 6.07) is 11.1. The van der Waals surface area contributed by atoms with Gasteiger partial charge in [-0.05, 0) is 42.3 Å². The summed E-state index contributed by atoms with van der Waals surface area (Å²) in [5.41, 5.74) is 1.02. The Balaban J connectivity index is 2.14. The number of hydrogen-bond acceptors (Lipinski definition) is 5. The lowest BCUT2D eigenvalue weighted by molar-refractivity contribution is -0.139. The Morgan fingerprint density at radius 2 is 2.03 bits per heavy atom. The van der Waals surface area contributed by atoms with Crippen LogP contribution in [0.25, 0.3) is 5.76 Å². The minimum absolute atomic E-state index is 0.0215. The summed E-state index contributed by atoms with van der Waals surface area (Å²) < 4.78 is 10.8. The van der Waals surface area contributed by atoms with E-state index in [1.54, 1.807) is 36.4 Å². The van der Waals surface area contributed by atoms with Crippen molar-refractivity contribution in [1.29, 1.82) is 0 Å². The molecule has 7 heteroatoms. The summed E-state index contributed by atoms with van der Waals surface area (Å²) in [5.74, 6) is -0.629. The van der Waals surface area contributed by atoms with Crippen molar-refractivity contribution in [2.45, 2.75) is 25.8 Å². The van der Waals surface area contributed by atoms with Crippen LogP contribution in [0.2, 0.25) is 5.02 Å². The summed E-state index contributed by atoms with van der Waals surface area (Å²) in [5, 5.41) is 11.4. The van der Waals surface area contributed by atoms with Crippen LogP contribution in [0.1, 0.15) is 36.9 Å². The molecule has 1 unspecified atom stereocenters. The molecule has 1 aliphatic rings. The van der Waals surface area contributed by atoms with Crippen molar-refractivity contribution in [2.24, 2.45) is 0 Å². The van der Waals surface area contributed by atoms with E-state index in [-0.39, 0.29) is 16.4 Å². The number of halogens is 1. The van der Waals surface area contributed by atoms with E-state index in [1.807, 2.05) is 13.0 Å². The first-order valence-corrected chi connectivity index (χ1v) is 10.8. The Hall–Kier alpha value is -3.25. The van der Waals surface area contributed by atoms with Crippen molar-refractivity contribution < 1.29 is 24.2 Å². The van der Waals surface area contributed by atoms with Crippen LogP contribution >= 0.6 is 11.6 Å². The van der Waals surface area contributed by atoms with Crippen LogP contribution in [0, 0.1) is 0 Å². The Morgan fingerprint density at radius 1 is 1.25 bits per heavy atom. The van der Waals surface area contributed by atoms with E-state index < -0.39 is 17.7 Å². The standard InChI is InChI=1S/C25H26ClNO5/c1-4-6-12-27-22(16-8-7-9-18(14-16)32-13-5-2)21(24(29)25(27)30)23(28)17-10-11-20(31-3)19(26)15-17/h5,7-11,14-15,22,28H,2,4,6,12-13H2,1,3H3/b23-21+. The fourth-order valence-electron chi connectivity index (χ4n) is 3.68. The average molecular weight is 456 g/mol. The van der Waals surface area contributed by atoms with Gasteiger partial charge in [-0.2, -0.15) is 0 Å². The Kier molecular flexibility index (Phi) is 7.59. The molecular formula is C25H26ClNO5.